The highest BCUT2D eigenvalue weighted by molar-refractivity contribution is 6.31. The van der Waals surface area contributed by atoms with E-state index in [1.54, 1.807) is 4.90 Å². The number of halogens is 1. The van der Waals surface area contributed by atoms with Crippen LogP contribution in [0.4, 0.5) is 10.5 Å². The number of nitrogens with one attached hydrogen (secondary N) is 1. The van der Waals surface area contributed by atoms with Gasteiger partial charge in [0.05, 0.1) is 12.2 Å². The number of hydrogen-bond donors (Lipinski definition) is 2. The third-order valence-corrected chi connectivity index (χ3v) is 2.99. The Morgan fingerprint density at radius 1 is 1.33 bits per heavy atom. The van der Waals surface area contributed by atoms with E-state index >= 15 is 0 Å². The highest BCUT2D eigenvalue weighted by Crippen LogP contribution is 2.19. The maximum atomic E-state index is 12.1. The average molecular weight is 315 g/mol. The molecule has 1 aromatic carbocycles. The fourth-order valence-electron chi connectivity index (χ4n) is 1.71. The van der Waals surface area contributed by atoms with Crippen molar-refractivity contribution >= 4 is 29.3 Å². The number of carboxylic acids is 1. The van der Waals surface area contributed by atoms with Crippen molar-refractivity contribution in [2.45, 2.75) is 13.8 Å². The lowest BCUT2D eigenvalue weighted by Gasteiger charge is -2.21. The molecule has 0 bridgehead atoms. The monoisotopic (exact) mass is 314 g/mol. The molecule has 0 aliphatic carbocycles. The maximum Gasteiger partial charge on any atom is 0.335 e. The molecule has 116 valence electrons. The number of aromatic carboxylic acids is 1. The van der Waals surface area contributed by atoms with E-state index < -0.39 is 5.97 Å². The van der Waals surface area contributed by atoms with Gasteiger partial charge in [0.15, 0.2) is 0 Å². The zero-order valence-corrected chi connectivity index (χ0v) is 12.8. The Balaban J connectivity index is 2.74. The molecule has 0 saturated heterocycles. The van der Waals surface area contributed by atoms with Crippen molar-refractivity contribution in [3.63, 3.8) is 0 Å². The molecule has 0 radical (unpaired) electrons. The van der Waals surface area contributed by atoms with Gasteiger partial charge in [-0.1, -0.05) is 11.6 Å². The summed E-state index contributed by atoms with van der Waals surface area (Å²) in [6, 6.07) is 3.87. The number of carbonyl (C=O) groups is 2. The number of urea groups is 1. The third kappa shape index (κ3) is 5.61. The van der Waals surface area contributed by atoms with Gasteiger partial charge in [-0.3, -0.25) is 0 Å². The molecule has 0 spiro atoms. The van der Waals surface area contributed by atoms with E-state index in [0.29, 0.717) is 32.0 Å². The zero-order valence-electron chi connectivity index (χ0n) is 12.1. The molecule has 0 aromatic heterocycles. The second-order valence-electron chi connectivity index (χ2n) is 4.24. The summed E-state index contributed by atoms with van der Waals surface area (Å²) >= 11 is 5.85. The molecule has 0 unspecified atom stereocenters. The molecule has 0 aliphatic heterocycles. The Morgan fingerprint density at radius 3 is 2.62 bits per heavy atom. The van der Waals surface area contributed by atoms with E-state index in [0.717, 1.165) is 0 Å². The van der Waals surface area contributed by atoms with E-state index in [4.69, 9.17) is 21.4 Å². The number of rotatable bonds is 7. The van der Waals surface area contributed by atoms with Crippen LogP contribution in [0.3, 0.4) is 0 Å². The first-order chi connectivity index (χ1) is 9.97. The first-order valence-electron chi connectivity index (χ1n) is 6.65. The van der Waals surface area contributed by atoms with Crippen molar-refractivity contribution in [1.29, 1.82) is 0 Å². The summed E-state index contributed by atoms with van der Waals surface area (Å²) < 4.78 is 5.22. The topological polar surface area (TPSA) is 78.9 Å². The largest absolute Gasteiger partial charge is 0.478 e. The Labute approximate surface area is 128 Å². The summed E-state index contributed by atoms with van der Waals surface area (Å²) in [4.78, 5) is 24.6. The predicted octanol–water partition coefficient (Wildman–Crippen LogP) is 2.93. The van der Waals surface area contributed by atoms with E-state index in [1.165, 1.54) is 18.2 Å². The molecular weight excluding hydrogens is 296 g/mol. The summed E-state index contributed by atoms with van der Waals surface area (Å²) in [6.45, 7) is 5.76. The van der Waals surface area contributed by atoms with Gasteiger partial charge in [-0.05, 0) is 32.0 Å². The molecule has 1 aromatic rings. The van der Waals surface area contributed by atoms with Crippen LogP contribution < -0.4 is 5.32 Å². The number of amides is 2. The van der Waals surface area contributed by atoms with Crippen molar-refractivity contribution in [2.24, 2.45) is 0 Å². The van der Waals surface area contributed by atoms with E-state index in [1.807, 2.05) is 13.8 Å². The van der Waals surface area contributed by atoms with Crippen molar-refractivity contribution in [2.75, 3.05) is 31.6 Å². The number of hydrogen-bond acceptors (Lipinski definition) is 3. The lowest BCUT2D eigenvalue weighted by atomic mass is 10.2. The van der Waals surface area contributed by atoms with E-state index in [9.17, 15) is 9.59 Å². The lowest BCUT2D eigenvalue weighted by Crippen LogP contribution is -2.37. The zero-order chi connectivity index (χ0) is 15.8. The second kappa shape index (κ2) is 8.49. The van der Waals surface area contributed by atoms with Crippen LogP contribution in [0.25, 0.3) is 0 Å². The van der Waals surface area contributed by atoms with Gasteiger partial charge >= 0.3 is 12.0 Å². The van der Waals surface area contributed by atoms with Gasteiger partial charge in [-0.2, -0.15) is 0 Å². The summed E-state index contributed by atoms with van der Waals surface area (Å²) in [5.74, 6) is -1.10. The van der Waals surface area contributed by atoms with Crippen molar-refractivity contribution in [3.05, 3.63) is 28.8 Å². The van der Waals surface area contributed by atoms with Gasteiger partial charge in [0.2, 0.25) is 0 Å². The number of carboxylic acid groups (broad SMARTS) is 1. The Morgan fingerprint density at radius 2 is 2.05 bits per heavy atom. The minimum atomic E-state index is -1.10. The van der Waals surface area contributed by atoms with Crippen molar-refractivity contribution in [3.8, 4) is 0 Å². The minimum Gasteiger partial charge on any atom is -0.478 e. The van der Waals surface area contributed by atoms with Crippen LogP contribution in [0.2, 0.25) is 5.02 Å². The Bertz CT molecular complexity index is 508. The number of carbonyl (C=O) groups excluding carboxylic acids is 1. The average Bonchev–Trinajstić information content (AvgIpc) is 2.42. The molecule has 0 aliphatic rings. The fourth-order valence-corrected chi connectivity index (χ4v) is 1.95. The lowest BCUT2D eigenvalue weighted by molar-refractivity contribution is 0.0697. The summed E-state index contributed by atoms with van der Waals surface area (Å²) in [7, 11) is 0. The molecular formula is C14H19ClN2O4. The predicted molar refractivity (Wildman–Crippen MR) is 81.2 cm³/mol. The van der Waals surface area contributed by atoms with Gasteiger partial charge in [0.25, 0.3) is 0 Å². The molecule has 0 saturated carbocycles. The number of likely N-dealkylation sites (N-methyl/N-ethyl adjacent to an activating group) is 1. The number of nitrogens with zero attached hydrogens (tertiary/aromatic N) is 1. The SMILES string of the molecule is CCOCCN(CC)C(=O)Nc1cc(Cl)cc(C(=O)O)c1. The fraction of sp³-hybridized carbons (Fsp3) is 0.429. The number of anilines is 1. The Hall–Kier alpha value is -1.79. The molecule has 21 heavy (non-hydrogen) atoms. The quantitative estimate of drug-likeness (QED) is 0.758. The minimum absolute atomic E-state index is 0.0233. The normalized spacial score (nSPS) is 10.2. The standard InChI is InChI=1S/C14H19ClN2O4/c1-3-17(5-6-21-4-2)14(20)16-12-8-10(13(18)19)7-11(15)9-12/h7-9H,3-6H2,1-2H3,(H,16,20)(H,18,19). The maximum absolute atomic E-state index is 12.1. The highest BCUT2D eigenvalue weighted by Gasteiger charge is 2.13. The first-order valence-corrected chi connectivity index (χ1v) is 7.03. The van der Waals surface area contributed by atoms with Gasteiger partial charge in [-0.15, -0.1) is 0 Å². The first kappa shape index (κ1) is 17.3. The van der Waals surface area contributed by atoms with Crippen LogP contribution >= 0.6 is 11.6 Å². The van der Waals surface area contributed by atoms with Crippen molar-refractivity contribution < 1.29 is 19.4 Å². The van der Waals surface area contributed by atoms with Crippen LogP contribution in [0.1, 0.15) is 24.2 Å². The van der Waals surface area contributed by atoms with Crippen LogP contribution in [-0.4, -0.2) is 48.3 Å². The van der Waals surface area contributed by atoms with Gasteiger partial charge in [0, 0.05) is 30.4 Å². The third-order valence-electron chi connectivity index (χ3n) is 2.77. The van der Waals surface area contributed by atoms with Gasteiger partial charge in [0.1, 0.15) is 0 Å². The highest BCUT2D eigenvalue weighted by atomic mass is 35.5. The van der Waals surface area contributed by atoms with E-state index in [-0.39, 0.29) is 16.6 Å². The van der Waals surface area contributed by atoms with Crippen LogP contribution in [0, 0.1) is 0 Å². The number of ether oxygens (including phenoxy) is 1. The molecule has 0 heterocycles. The smallest absolute Gasteiger partial charge is 0.335 e. The summed E-state index contributed by atoms with van der Waals surface area (Å²) in [5, 5.41) is 11.9. The molecule has 2 amide bonds. The van der Waals surface area contributed by atoms with Crippen LogP contribution in [0.5, 0.6) is 0 Å². The number of benzene rings is 1. The van der Waals surface area contributed by atoms with Crippen LogP contribution in [-0.2, 0) is 4.74 Å². The summed E-state index contributed by atoms with van der Waals surface area (Å²) in [6.07, 6.45) is 0. The molecule has 2 N–H and O–H groups in total. The van der Waals surface area contributed by atoms with Gasteiger partial charge < -0.3 is 20.1 Å². The molecule has 1 rings (SSSR count). The van der Waals surface area contributed by atoms with E-state index in [2.05, 4.69) is 5.32 Å². The molecule has 6 nitrogen and oxygen atoms in total. The molecule has 0 fully saturated rings. The Kier molecular flexibility index (Phi) is 6.98. The second-order valence-corrected chi connectivity index (χ2v) is 4.68. The van der Waals surface area contributed by atoms with Crippen LogP contribution in [0.15, 0.2) is 18.2 Å². The molecule has 0 atom stereocenters. The van der Waals surface area contributed by atoms with Crippen molar-refractivity contribution in [1.82, 2.24) is 4.90 Å². The summed E-state index contributed by atoms with van der Waals surface area (Å²) in [5.41, 5.74) is 0.370. The molecule has 7 heteroatoms. The van der Waals surface area contributed by atoms with Gasteiger partial charge in [-0.25, -0.2) is 9.59 Å².